The molecule has 47 heavy (non-hydrogen) atoms. The summed E-state index contributed by atoms with van der Waals surface area (Å²) >= 11 is 0. The van der Waals surface area contributed by atoms with E-state index in [4.69, 9.17) is 4.98 Å². The standard InChI is InChI=1S/C43H30N4/c1-3-12-30(13-4-1)43(31-14-5-2-6-15-31)35-23-22-32(46-38-20-9-7-16-33(38)34-17-8-10-21-39(34)46)28-40(35)47-41-36(43)18-11-19-37(41)45-42(47)29-24-26-44-27-25-29/h1-7,9-16,18-28H,8,17H2. The Morgan fingerprint density at radius 2 is 1.38 bits per heavy atom. The van der Waals surface area contributed by atoms with Crippen LogP contribution in [0.15, 0.2) is 152 Å². The molecule has 4 heteroatoms. The molecule has 0 atom stereocenters. The molecule has 0 radical (unpaired) electrons. The number of nitrogens with zero attached hydrogens (tertiary/aromatic N) is 4. The van der Waals surface area contributed by atoms with E-state index in [9.17, 15) is 0 Å². The lowest BCUT2D eigenvalue weighted by Gasteiger charge is -2.41. The zero-order chi connectivity index (χ0) is 31.0. The van der Waals surface area contributed by atoms with Gasteiger partial charge in [-0.2, -0.15) is 0 Å². The molecule has 0 saturated heterocycles. The molecule has 4 heterocycles. The van der Waals surface area contributed by atoms with E-state index in [1.807, 2.05) is 12.4 Å². The van der Waals surface area contributed by atoms with Gasteiger partial charge in [0.2, 0.25) is 0 Å². The average Bonchev–Trinajstić information content (AvgIpc) is 3.71. The van der Waals surface area contributed by atoms with Crippen molar-refractivity contribution < 1.29 is 0 Å². The molecule has 0 saturated carbocycles. The van der Waals surface area contributed by atoms with Crippen LogP contribution < -0.4 is 0 Å². The normalized spacial score (nSPS) is 14.3. The number of allylic oxidation sites excluding steroid dienone is 1. The lowest BCUT2D eigenvalue weighted by Crippen LogP contribution is -2.35. The largest absolute Gasteiger partial charge is 0.310 e. The fourth-order valence-corrected chi connectivity index (χ4v) is 8.29. The Labute approximate surface area is 272 Å². The van der Waals surface area contributed by atoms with Crippen LogP contribution in [0.4, 0.5) is 0 Å². The maximum atomic E-state index is 5.34. The lowest BCUT2D eigenvalue weighted by atomic mass is 9.63. The Morgan fingerprint density at radius 3 is 2.17 bits per heavy atom. The number of aryl methyl sites for hydroxylation is 1. The number of rotatable bonds is 4. The maximum Gasteiger partial charge on any atom is 0.145 e. The predicted molar refractivity (Wildman–Crippen MR) is 190 cm³/mol. The molecule has 222 valence electrons. The smallest absolute Gasteiger partial charge is 0.145 e. The minimum Gasteiger partial charge on any atom is -0.310 e. The van der Waals surface area contributed by atoms with E-state index in [0.717, 1.165) is 46.6 Å². The number of fused-ring (bicyclic) bond motifs is 5. The number of benzene rings is 5. The van der Waals surface area contributed by atoms with E-state index in [1.54, 1.807) is 0 Å². The Hall–Kier alpha value is -6.00. The topological polar surface area (TPSA) is 35.6 Å². The second-order valence-corrected chi connectivity index (χ2v) is 12.5. The lowest BCUT2D eigenvalue weighted by molar-refractivity contribution is 0.725. The number of pyridine rings is 1. The monoisotopic (exact) mass is 602 g/mol. The van der Waals surface area contributed by atoms with Crippen LogP contribution in [0.3, 0.4) is 0 Å². The van der Waals surface area contributed by atoms with Gasteiger partial charge in [0.05, 0.1) is 27.7 Å². The summed E-state index contributed by atoms with van der Waals surface area (Å²) in [6.07, 6.45) is 10.4. The van der Waals surface area contributed by atoms with Gasteiger partial charge in [-0.25, -0.2) is 4.98 Å². The summed E-state index contributed by atoms with van der Waals surface area (Å²) < 4.78 is 4.85. The Bertz CT molecular complexity index is 2460. The Kier molecular flexibility index (Phi) is 5.58. The third-order valence-electron chi connectivity index (χ3n) is 10.2. The number of para-hydroxylation sites is 2. The minimum atomic E-state index is -0.556. The highest BCUT2D eigenvalue weighted by Gasteiger charge is 2.45. The van der Waals surface area contributed by atoms with Crippen LogP contribution in [-0.4, -0.2) is 19.1 Å². The Morgan fingerprint density at radius 1 is 0.638 bits per heavy atom. The van der Waals surface area contributed by atoms with Crippen LogP contribution in [0, 0.1) is 0 Å². The van der Waals surface area contributed by atoms with E-state index in [2.05, 4.69) is 160 Å². The van der Waals surface area contributed by atoms with Crippen molar-refractivity contribution in [1.82, 2.24) is 19.1 Å². The van der Waals surface area contributed by atoms with Crippen molar-refractivity contribution in [2.24, 2.45) is 0 Å². The van der Waals surface area contributed by atoms with Gasteiger partial charge in [0, 0.05) is 34.7 Å². The van der Waals surface area contributed by atoms with Crippen LogP contribution >= 0.6 is 0 Å². The van der Waals surface area contributed by atoms with Gasteiger partial charge in [-0.1, -0.05) is 103 Å². The molecule has 4 nitrogen and oxygen atoms in total. The van der Waals surface area contributed by atoms with Crippen molar-refractivity contribution in [1.29, 1.82) is 0 Å². The highest BCUT2D eigenvalue weighted by molar-refractivity contribution is 5.94. The summed E-state index contributed by atoms with van der Waals surface area (Å²) in [4.78, 5) is 9.67. The van der Waals surface area contributed by atoms with Crippen LogP contribution in [0.2, 0.25) is 0 Å². The highest BCUT2D eigenvalue weighted by atomic mass is 15.1. The zero-order valence-corrected chi connectivity index (χ0v) is 25.7. The molecule has 1 aliphatic carbocycles. The molecule has 3 aromatic heterocycles. The summed E-state index contributed by atoms with van der Waals surface area (Å²) in [6, 6.07) is 48.6. The summed E-state index contributed by atoms with van der Waals surface area (Å²) in [5.74, 6) is 0.919. The molecule has 0 amide bonds. The van der Waals surface area contributed by atoms with Gasteiger partial charge >= 0.3 is 0 Å². The number of imidazole rings is 1. The highest BCUT2D eigenvalue weighted by Crippen LogP contribution is 2.54. The molecule has 10 rings (SSSR count). The maximum absolute atomic E-state index is 5.34. The first-order chi connectivity index (χ1) is 23.3. The first kappa shape index (κ1) is 26.2. The van der Waals surface area contributed by atoms with E-state index in [-0.39, 0.29) is 0 Å². The van der Waals surface area contributed by atoms with Gasteiger partial charge < -0.3 is 4.57 Å². The molecular formula is C43H30N4. The molecule has 0 N–H and O–H groups in total. The second-order valence-electron chi connectivity index (χ2n) is 12.5. The summed E-state index contributed by atoms with van der Waals surface area (Å²) in [5.41, 5.74) is 13.7. The predicted octanol–water partition coefficient (Wildman–Crippen LogP) is 9.69. The quantitative estimate of drug-likeness (QED) is 0.201. The number of hydrogen-bond donors (Lipinski definition) is 0. The number of hydrogen-bond acceptors (Lipinski definition) is 2. The van der Waals surface area contributed by atoms with E-state index in [0.29, 0.717) is 0 Å². The van der Waals surface area contributed by atoms with E-state index < -0.39 is 5.41 Å². The van der Waals surface area contributed by atoms with Crippen molar-refractivity contribution in [3.63, 3.8) is 0 Å². The van der Waals surface area contributed by atoms with Gasteiger partial charge in [-0.15, -0.1) is 0 Å². The van der Waals surface area contributed by atoms with Gasteiger partial charge in [0.15, 0.2) is 0 Å². The first-order valence-electron chi connectivity index (χ1n) is 16.3. The molecule has 0 unspecified atom stereocenters. The van der Waals surface area contributed by atoms with E-state index in [1.165, 1.54) is 44.4 Å². The zero-order valence-electron chi connectivity index (χ0n) is 25.7. The molecule has 5 aromatic carbocycles. The fraction of sp³-hybridized carbons (Fsp3) is 0.0698. The molecule has 0 bridgehead atoms. The molecular weight excluding hydrogens is 573 g/mol. The SMILES string of the molecule is C1=Cc2c(c3ccccc3n2-c2ccc3c(c2)-n2c(-c4ccncc4)nc4cccc(c42)C3(c2ccccc2)c2ccccc2)CC1. The van der Waals surface area contributed by atoms with Gasteiger partial charge in [0.25, 0.3) is 0 Å². The van der Waals surface area contributed by atoms with Gasteiger partial charge in [-0.05, 0) is 83.1 Å². The van der Waals surface area contributed by atoms with Crippen LogP contribution in [0.1, 0.15) is 39.9 Å². The molecule has 2 aliphatic rings. The van der Waals surface area contributed by atoms with Gasteiger partial charge in [-0.3, -0.25) is 9.55 Å². The first-order valence-corrected chi connectivity index (χ1v) is 16.3. The van der Waals surface area contributed by atoms with Crippen molar-refractivity contribution in [3.05, 3.63) is 185 Å². The summed E-state index contributed by atoms with van der Waals surface area (Å²) in [7, 11) is 0. The third-order valence-corrected chi connectivity index (χ3v) is 10.2. The van der Waals surface area contributed by atoms with Crippen molar-refractivity contribution >= 4 is 28.0 Å². The summed E-state index contributed by atoms with van der Waals surface area (Å²) in [6.45, 7) is 0. The minimum absolute atomic E-state index is 0.556. The van der Waals surface area contributed by atoms with Gasteiger partial charge in [0.1, 0.15) is 5.82 Å². The molecule has 1 aliphatic heterocycles. The van der Waals surface area contributed by atoms with Crippen LogP contribution in [0.25, 0.3) is 50.8 Å². The fourth-order valence-electron chi connectivity index (χ4n) is 8.29. The van der Waals surface area contributed by atoms with Crippen LogP contribution in [0.5, 0.6) is 0 Å². The van der Waals surface area contributed by atoms with Crippen molar-refractivity contribution in [3.8, 4) is 22.8 Å². The van der Waals surface area contributed by atoms with E-state index >= 15 is 0 Å². The number of aromatic nitrogens is 4. The molecule has 0 fully saturated rings. The van der Waals surface area contributed by atoms with Crippen molar-refractivity contribution in [2.45, 2.75) is 18.3 Å². The molecule has 8 aromatic rings. The Balaban J connectivity index is 1.38. The molecule has 0 spiro atoms. The van der Waals surface area contributed by atoms with Crippen LogP contribution in [-0.2, 0) is 11.8 Å². The second kappa shape index (κ2) is 10.0. The van der Waals surface area contributed by atoms with Crippen molar-refractivity contribution in [2.75, 3.05) is 0 Å². The third kappa shape index (κ3) is 3.58. The summed E-state index contributed by atoms with van der Waals surface area (Å²) in [5, 5.41) is 1.33. The average molecular weight is 603 g/mol.